The number of hydrogen-bond donors (Lipinski definition) is 1. The molecule has 0 aromatic heterocycles. The molecular weight excluding hydrogens is 265 g/mol. The van der Waals surface area contributed by atoms with Crippen LogP contribution in [0, 0.1) is 11.3 Å². The molecule has 0 amide bonds. The molecule has 0 spiro atoms. The SMILES string of the molecule is COC(=O)c1ccc(C#N)c(OC(F)(F)F)c1CN. The van der Waals surface area contributed by atoms with Gasteiger partial charge in [0, 0.05) is 12.1 Å². The molecule has 8 heteroatoms. The number of hydrogen-bond acceptors (Lipinski definition) is 5. The molecule has 0 heterocycles. The van der Waals surface area contributed by atoms with Crippen molar-refractivity contribution in [2.24, 2.45) is 5.73 Å². The van der Waals surface area contributed by atoms with Gasteiger partial charge in [-0.05, 0) is 12.1 Å². The Kier molecular flexibility index (Phi) is 4.34. The molecule has 1 aromatic rings. The molecule has 0 unspecified atom stereocenters. The van der Waals surface area contributed by atoms with Crippen LogP contribution in [0.4, 0.5) is 13.2 Å². The molecule has 0 bridgehead atoms. The molecule has 0 aliphatic rings. The first-order valence-electron chi connectivity index (χ1n) is 4.94. The van der Waals surface area contributed by atoms with Crippen LogP contribution in [-0.2, 0) is 11.3 Å². The predicted molar refractivity (Wildman–Crippen MR) is 57.1 cm³/mol. The number of ether oxygens (including phenoxy) is 2. The van der Waals surface area contributed by atoms with Gasteiger partial charge < -0.3 is 15.2 Å². The summed E-state index contributed by atoms with van der Waals surface area (Å²) >= 11 is 0. The molecule has 0 radical (unpaired) electrons. The lowest BCUT2D eigenvalue weighted by atomic mass is 10.0. The van der Waals surface area contributed by atoms with Gasteiger partial charge in [0.05, 0.1) is 18.2 Å². The average Bonchev–Trinajstić information content (AvgIpc) is 2.35. The number of methoxy groups -OCH3 is 1. The number of halogens is 3. The van der Waals surface area contributed by atoms with Crippen molar-refractivity contribution in [1.29, 1.82) is 5.26 Å². The summed E-state index contributed by atoms with van der Waals surface area (Å²) in [5.74, 6) is -1.64. The minimum atomic E-state index is -5.00. The molecule has 1 aromatic carbocycles. The highest BCUT2D eigenvalue weighted by molar-refractivity contribution is 5.92. The molecule has 102 valence electrons. The van der Waals surface area contributed by atoms with Gasteiger partial charge in [-0.1, -0.05) is 0 Å². The van der Waals surface area contributed by atoms with Gasteiger partial charge >= 0.3 is 12.3 Å². The number of carbonyl (C=O) groups is 1. The van der Waals surface area contributed by atoms with E-state index in [4.69, 9.17) is 11.0 Å². The summed E-state index contributed by atoms with van der Waals surface area (Å²) in [6, 6.07) is 3.74. The largest absolute Gasteiger partial charge is 0.573 e. The van der Waals surface area contributed by atoms with Crippen LogP contribution in [0.3, 0.4) is 0 Å². The fraction of sp³-hybridized carbons (Fsp3) is 0.273. The second-order valence-corrected chi connectivity index (χ2v) is 3.32. The first-order chi connectivity index (χ1) is 8.84. The Hall–Kier alpha value is -2.27. The number of nitrogens with two attached hydrogens (primary N) is 1. The third-order valence-electron chi connectivity index (χ3n) is 2.21. The van der Waals surface area contributed by atoms with Gasteiger partial charge in [-0.15, -0.1) is 13.2 Å². The second-order valence-electron chi connectivity index (χ2n) is 3.32. The zero-order valence-corrected chi connectivity index (χ0v) is 9.75. The van der Waals surface area contributed by atoms with Crippen molar-refractivity contribution < 1.29 is 27.4 Å². The maximum Gasteiger partial charge on any atom is 0.573 e. The van der Waals surface area contributed by atoms with E-state index in [0.29, 0.717) is 0 Å². The molecular formula is C11H9F3N2O3. The monoisotopic (exact) mass is 274 g/mol. The number of rotatable bonds is 3. The summed E-state index contributed by atoms with van der Waals surface area (Å²) in [7, 11) is 1.07. The second kappa shape index (κ2) is 5.58. The van der Waals surface area contributed by atoms with E-state index in [1.165, 1.54) is 0 Å². The van der Waals surface area contributed by atoms with E-state index in [9.17, 15) is 18.0 Å². The highest BCUT2D eigenvalue weighted by atomic mass is 19.4. The Morgan fingerprint density at radius 3 is 2.53 bits per heavy atom. The van der Waals surface area contributed by atoms with Crippen molar-refractivity contribution in [2.75, 3.05) is 7.11 Å². The Bertz CT molecular complexity index is 535. The van der Waals surface area contributed by atoms with Crippen LogP contribution in [0.5, 0.6) is 5.75 Å². The van der Waals surface area contributed by atoms with Crippen molar-refractivity contribution >= 4 is 5.97 Å². The highest BCUT2D eigenvalue weighted by Crippen LogP contribution is 2.32. The van der Waals surface area contributed by atoms with E-state index >= 15 is 0 Å². The standard InChI is InChI=1S/C11H9F3N2O3/c1-18-10(17)7-3-2-6(4-15)9(8(7)5-16)19-11(12,13)14/h2-3H,5,16H2,1H3. The maximum absolute atomic E-state index is 12.3. The quantitative estimate of drug-likeness (QED) is 0.848. The van der Waals surface area contributed by atoms with E-state index in [2.05, 4.69) is 9.47 Å². The van der Waals surface area contributed by atoms with Gasteiger partial charge in [-0.2, -0.15) is 5.26 Å². The third-order valence-corrected chi connectivity index (χ3v) is 2.21. The van der Waals surface area contributed by atoms with Gasteiger partial charge in [-0.3, -0.25) is 0 Å². The van der Waals surface area contributed by atoms with Gasteiger partial charge in [0.2, 0.25) is 0 Å². The zero-order chi connectivity index (χ0) is 14.6. The molecule has 0 fully saturated rings. The molecule has 0 atom stereocenters. The minimum absolute atomic E-state index is 0.178. The summed E-state index contributed by atoms with van der Waals surface area (Å²) in [5, 5.41) is 8.77. The fourth-order valence-corrected chi connectivity index (χ4v) is 1.45. The van der Waals surface area contributed by atoms with Crippen molar-refractivity contribution in [1.82, 2.24) is 0 Å². The molecule has 1 rings (SSSR count). The molecule has 19 heavy (non-hydrogen) atoms. The molecule has 0 aliphatic carbocycles. The van der Waals surface area contributed by atoms with Crippen LogP contribution in [0.1, 0.15) is 21.5 Å². The number of nitriles is 1. The van der Waals surface area contributed by atoms with E-state index < -0.39 is 24.6 Å². The Labute approximate surface area is 106 Å². The lowest BCUT2D eigenvalue weighted by Crippen LogP contribution is -2.21. The van der Waals surface area contributed by atoms with Crippen LogP contribution in [0.15, 0.2) is 12.1 Å². The van der Waals surface area contributed by atoms with Crippen LogP contribution >= 0.6 is 0 Å². The maximum atomic E-state index is 12.3. The number of alkyl halides is 3. The van der Waals surface area contributed by atoms with Crippen LogP contribution in [0.2, 0.25) is 0 Å². The molecule has 0 aliphatic heterocycles. The lowest BCUT2D eigenvalue weighted by Gasteiger charge is -2.16. The van der Waals surface area contributed by atoms with Crippen LogP contribution in [-0.4, -0.2) is 19.4 Å². The molecule has 2 N–H and O–H groups in total. The number of esters is 1. The van der Waals surface area contributed by atoms with Crippen molar-refractivity contribution in [3.05, 3.63) is 28.8 Å². The topological polar surface area (TPSA) is 85.3 Å². The van der Waals surface area contributed by atoms with Gasteiger partial charge in [0.1, 0.15) is 6.07 Å². The zero-order valence-electron chi connectivity index (χ0n) is 9.75. The van der Waals surface area contributed by atoms with Crippen molar-refractivity contribution in [3.8, 4) is 11.8 Å². The molecule has 0 saturated carbocycles. The molecule has 5 nitrogen and oxygen atoms in total. The average molecular weight is 274 g/mol. The van der Waals surface area contributed by atoms with Crippen LogP contribution in [0.25, 0.3) is 0 Å². The predicted octanol–water partition coefficient (Wildman–Crippen LogP) is 1.70. The van der Waals surface area contributed by atoms with Gasteiger partial charge in [-0.25, -0.2) is 4.79 Å². The molecule has 0 saturated heterocycles. The number of carbonyl (C=O) groups excluding carboxylic acids is 1. The fourth-order valence-electron chi connectivity index (χ4n) is 1.45. The summed E-state index contributed by atoms with van der Waals surface area (Å²) in [5.41, 5.74) is 4.54. The van der Waals surface area contributed by atoms with Gasteiger partial charge in [0.15, 0.2) is 5.75 Å². The summed E-state index contributed by atoms with van der Waals surface area (Å²) < 4.78 is 45.1. The number of benzene rings is 1. The summed E-state index contributed by atoms with van der Waals surface area (Å²) in [6.07, 6.45) is -5.00. The van der Waals surface area contributed by atoms with Crippen LogP contribution < -0.4 is 10.5 Å². The Morgan fingerprint density at radius 2 is 2.11 bits per heavy atom. The lowest BCUT2D eigenvalue weighted by molar-refractivity contribution is -0.275. The third kappa shape index (κ3) is 3.35. The Balaban J connectivity index is 3.47. The van der Waals surface area contributed by atoms with Gasteiger partial charge in [0.25, 0.3) is 0 Å². The first kappa shape index (κ1) is 14.8. The van der Waals surface area contributed by atoms with Crippen molar-refractivity contribution in [3.63, 3.8) is 0 Å². The summed E-state index contributed by atoms with van der Waals surface area (Å²) in [4.78, 5) is 11.4. The Morgan fingerprint density at radius 1 is 1.47 bits per heavy atom. The highest BCUT2D eigenvalue weighted by Gasteiger charge is 2.34. The van der Waals surface area contributed by atoms with E-state index in [1.54, 1.807) is 6.07 Å². The minimum Gasteiger partial charge on any atom is -0.465 e. The number of nitrogens with zero attached hydrogens (tertiary/aromatic N) is 1. The summed E-state index contributed by atoms with van der Waals surface area (Å²) in [6.45, 7) is -0.411. The van der Waals surface area contributed by atoms with E-state index in [-0.39, 0.29) is 16.7 Å². The normalized spacial score (nSPS) is 10.7. The smallest absolute Gasteiger partial charge is 0.465 e. The van der Waals surface area contributed by atoms with Crippen molar-refractivity contribution in [2.45, 2.75) is 12.9 Å². The van der Waals surface area contributed by atoms with E-state index in [0.717, 1.165) is 19.2 Å². The van der Waals surface area contributed by atoms with E-state index in [1.807, 2.05) is 0 Å². The first-order valence-corrected chi connectivity index (χ1v) is 4.94.